The molecule has 5 nitrogen and oxygen atoms in total. The zero-order valence-electron chi connectivity index (χ0n) is 23.1. The summed E-state index contributed by atoms with van der Waals surface area (Å²) in [7, 11) is 0. The summed E-state index contributed by atoms with van der Waals surface area (Å²) in [5, 5.41) is 17.0. The zero-order valence-corrected chi connectivity index (χ0v) is 23.1. The van der Waals surface area contributed by atoms with Gasteiger partial charge in [-0.1, -0.05) is 60.6 Å². The Labute approximate surface area is 208 Å². The van der Waals surface area contributed by atoms with Crippen molar-refractivity contribution in [2.75, 3.05) is 0 Å². The van der Waals surface area contributed by atoms with E-state index in [2.05, 4.69) is 66.0 Å². The molecule has 3 N–H and O–H groups in total. The van der Waals surface area contributed by atoms with Crippen molar-refractivity contribution in [3.8, 4) is 5.75 Å². The lowest BCUT2D eigenvalue weighted by Crippen LogP contribution is -2.65. The maximum atomic E-state index is 14.3. The van der Waals surface area contributed by atoms with Gasteiger partial charge in [0.15, 0.2) is 5.78 Å². The maximum absolute atomic E-state index is 14.3. The molecule has 5 heteroatoms. The van der Waals surface area contributed by atoms with Gasteiger partial charge in [-0.2, -0.15) is 0 Å². The summed E-state index contributed by atoms with van der Waals surface area (Å²) in [4.78, 5) is 27.2. The maximum Gasteiger partial charge on any atom is 0.157 e. The number of ketones is 2. The topological polar surface area (TPSA) is 78.4 Å². The van der Waals surface area contributed by atoms with E-state index in [0.29, 0.717) is 25.2 Å². The van der Waals surface area contributed by atoms with E-state index in [1.54, 1.807) is 12.1 Å². The molecular weight excluding hydrogens is 424 g/mol. The normalized spacial score (nSPS) is 18.1. The molecule has 0 radical (unpaired) electrons. The predicted octanol–water partition coefficient (Wildman–Crippen LogP) is 5.83. The third-order valence-corrected chi connectivity index (χ3v) is 7.90. The zero-order chi connectivity index (χ0) is 26.1. The van der Waals surface area contributed by atoms with E-state index in [4.69, 9.17) is 0 Å². The average Bonchev–Trinajstić information content (AvgIpc) is 2.82. The molecule has 0 aliphatic carbocycles. The van der Waals surface area contributed by atoms with E-state index < -0.39 is 11.0 Å². The van der Waals surface area contributed by atoms with Crippen LogP contribution in [0.25, 0.3) is 0 Å². The smallest absolute Gasteiger partial charge is 0.157 e. The van der Waals surface area contributed by atoms with Gasteiger partial charge >= 0.3 is 0 Å². The molecule has 3 unspecified atom stereocenters. The fraction of sp³-hybridized carbons (Fsp3) is 0.724. The van der Waals surface area contributed by atoms with Crippen molar-refractivity contribution >= 4 is 11.6 Å². The molecule has 0 aliphatic rings. The third-order valence-electron chi connectivity index (χ3n) is 7.90. The number of aromatic hydroxyl groups is 1. The number of hydrogen-bond acceptors (Lipinski definition) is 5. The van der Waals surface area contributed by atoms with Gasteiger partial charge in [0.1, 0.15) is 11.5 Å². The molecule has 0 amide bonds. The van der Waals surface area contributed by atoms with Gasteiger partial charge in [0.05, 0.1) is 12.1 Å². The predicted molar refractivity (Wildman–Crippen MR) is 142 cm³/mol. The number of hydrogen-bond donors (Lipinski definition) is 3. The average molecular weight is 475 g/mol. The summed E-state index contributed by atoms with van der Waals surface area (Å²) in [5.41, 5.74) is -0.198. The second-order valence-electron chi connectivity index (χ2n) is 10.8. The van der Waals surface area contributed by atoms with Gasteiger partial charge in [-0.25, -0.2) is 0 Å². The summed E-state index contributed by atoms with van der Waals surface area (Å²) in [6, 6.07) is 6.69. The molecule has 1 aromatic carbocycles. The van der Waals surface area contributed by atoms with Crippen LogP contribution in [0.3, 0.4) is 0 Å². The lowest BCUT2D eigenvalue weighted by atomic mass is 9.63. The van der Waals surface area contributed by atoms with Gasteiger partial charge in [0, 0.05) is 23.4 Å². The molecule has 0 heterocycles. The number of Topliss-reactive ketones (excluding diaryl/α,β-unsaturated/α-hetero) is 2. The molecular formula is C29H50N2O3. The van der Waals surface area contributed by atoms with Crippen LogP contribution in [0.1, 0.15) is 100.0 Å². The molecule has 194 valence electrons. The highest BCUT2D eigenvalue weighted by atomic mass is 16.3. The number of benzene rings is 1. The van der Waals surface area contributed by atoms with E-state index in [1.165, 1.54) is 0 Å². The first-order valence-corrected chi connectivity index (χ1v) is 13.3. The van der Waals surface area contributed by atoms with Crippen LogP contribution in [-0.4, -0.2) is 40.3 Å². The van der Waals surface area contributed by atoms with Gasteiger partial charge in [0.2, 0.25) is 0 Å². The molecule has 0 saturated carbocycles. The van der Waals surface area contributed by atoms with Crippen molar-refractivity contribution in [3.63, 3.8) is 0 Å². The van der Waals surface area contributed by atoms with Crippen LogP contribution in [-0.2, 0) is 16.0 Å². The van der Waals surface area contributed by atoms with Crippen molar-refractivity contribution < 1.29 is 14.7 Å². The number of phenols is 1. The Morgan fingerprint density at radius 2 is 1.53 bits per heavy atom. The van der Waals surface area contributed by atoms with Crippen LogP contribution in [0.15, 0.2) is 24.3 Å². The van der Waals surface area contributed by atoms with Crippen molar-refractivity contribution in [2.24, 2.45) is 11.3 Å². The highest BCUT2D eigenvalue weighted by Gasteiger charge is 2.50. The van der Waals surface area contributed by atoms with Crippen LogP contribution in [0.2, 0.25) is 0 Å². The van der Waals surface area contributed by atoms with E-state index >= 15 is 0 Å². The first-order chi connectivity index (χ1) is 15.9. The van der Waals surface area contributed by atoms with Gasteiger partial charge in [-0.15, -0.1) is 0 Å². The molecule has 34 heavy (non-hydrogen) atoms. The molecule has 0 saturated heterocycles. The molecule has 0 fully saturated rings. The molecule has 5 atom stereocenters. The van der Waals surface area contributed by atoms with Crippen molar-refractivity contribution in [1.29, 1.82) is 0 Å². The van der Waals surface area contributed by atoms with Crippen LogP contribution >= 0.6 is 0 Å². The molecule has 0 bridgehead atoms. The Morgan fingerprint density at radius 3 is 1.97 bits per heavy atom. The highest BCUT2D eigenvalue weighted by Crippen LogP contribution is 2.40. The summed E-state index contributed by atoms with van der Waals surface area (Å²) in [6.45, 7) is 18.8. The molecule has 0 aromatic heterocycles. The largest absolute Gasteiger partial charge is 0.508 e. The Kier molecular flexibility index (Phi) is 11.9. The van der Waals surface area contributed by atoms with Gasteiger partial charge in [0.25, 0.3) is 0 Å². The molecule has 1 aromatic rings. The second-order valence-corrected chi connectivity index (χ2v) is 10.8. The molecule has 0 spiro atoms. The van der Waals surface area contributed by atoms with E-state index in [-0.39, 0.29) is 35.4 Å². The Morgan fingerprint density at radius 1 is 0.941 bits per heavy atom. The number of carbonyl (C=O) groups is 2. The summed E-state index contributed by atoms with van der Waals surface area (Å²) < 4.78 is 0. The molecule has 1 rings (SSSR count). The molecule has 0 aliphatic heterocycles. The summed E-state index contributed by atoms with van der Waals surface area (Å²) >= 11 is 0. The Balaban J connectivity index is 3.39. The minimum Gasteiger partial charge on any atom is -0.508 e. The summed E-state index contributed by atoms with van der Waals surface area (Å²) in [5.74, 6) is 0.983. The van der Waals surface area contributed by atoms with Crippen molar-refractivity contribution in [2.45, 2.75) is 125 Å². The van der Waals surface area contributed by atoms with Crippen LogP contribution in [0.4, 0.5) is 0 Å². The number of nitrogens with one attached hydrogen (secondary N) is 2. The highest BCUT2D eigenvalue weighted by molar-refractivity contribution is 5.91. The fourth-order valence-electron chi connectivity index (χ4n) is 4.80. The lowest BCUT2D eigenvalue weighted by molar-refractivity contribution is -0.137. The monoisotopic (exact) mass is 474 g/mol. The Bertz CT molecular complexity index is 776. The number of carbonyl (C=O) groups excluding carboxylic acids is 2. The van der Waals surface area contributed by atoms with Gasteiger partial charge in [-0.3, -0.25) is 9.59 Å². The van der Waals surface area contributed by atoms with E-state index in [9.17, 15) is 14.7 Å². The SMILES string of the molecule is CCC(=O)[C@@H](CC(C)C)NC(C)(CC)C(C)(CC)C(=O)[C@H](Cc1ccc(O)cc1)NC(C)CC. The minimum absolute atomic E-state index is 0.174. The van der Waals surface area contributed by atoms with Gasteiger partial charge < -0.3 is 15.7 Å². The van der Waals surface area contributed by atoms with E-state index in [0.717, 1.165) is 24.8 Å². The number of rotatable bonds is 16. The van der Waals surface area contributed by atoms with Crippen LogP contribution in [0, 0.1) is 11.3 Å². The third kappa shape index (κ3) is 7.64. The van der Waals surface area contributed by atoms with Crippen LogP contribution < -0.4 is 10.6 Å². The minimum atomic E-state index is -0.674. The Hall–Kier alpha value is -1.72. The van der Waals surface area contributed by atoms with Gasteiger partial charge in [-0.05, 0) is 69.6 Å². The van der Waals surface area contributed by atoms with Crippen molar-refractivity contribution in [1.82, 2.24) is 10.6 Å². The number of phenolic OH excluding ortho intramolecular Hbond substituents is 1. The first kappa shape index (κ1) is 30.3. The van der Waals surface area contributed by atoms with Crippen LogP contribution in [0.5, 0.6) is 5.75 Å². The van der Waals surface area contributed by atoms with Crippen molar-refractivity contribution in [3.05, 3.63) is 29.8 Å². The first-order valence-electron chi connectivity index (χ1n) is 13.3. The lowest BCUT2D eigenvalue weighted by Gasteiger charge is -2.49. The standard InChI is InChI=1S/C29H50N2O3/c1-10-21(7)30-25(19-22-14-16-23(32)17-15-22)27(34)28(8,12-3)29(9,13-4)31-24(18-20(5)6)26(33)11-2/h14-17,20-21,24-25,30-32H,10-13,18-19H2,1-9H3/t21?,24-,25+,28?,29?/m1/s1. The van der Waals surface area contributed by atoms with E-state index in [1.807, 2.05) is 19.1 Å². The quantitative estimate of drug-likeness (QED) is 0.281. The summed E-state index contributed by atoms with van der Waals surface area (Å²) in [6.07, 6.45) is 4.14. The second kappa shape index (κ2) is 13.4. The fourth-order valence-corrected chi connectivity index (χ4v) is 4.80.